The number of fused-ring (bicyclic) bond motifs is 4. The van der Waals surface area contributed by atoms with Crippen LogP contribution in [0.5, 0.6) is 0 Å². The zero-order chi connectivity index (χ0) is 21.9. The molecule has 5 aromatic carbocycles. The molecule has 32 heavy (non-hydrogen) atoms. The Labute approximate surface area is 187 Å². The quantitative estimate of drug-likeness (QED) is 0.255. The van der Waals surface area contributed by atoms with Gasteiger partial charge in [-0.25, -0.2) is 9.97 Å². The highest BCUT2D eigenvalue weighted by Gasteiger charge is 2.19. The Kier molecular flexibility index (Phi) is 4.06. The Morgan fingerprint density at radius 1 is 0.562 bits per heavy atom. The van der Waals surface area contributed by atoms with Crippen LogP contribution in [0.2, 0.25) is 0 Å². The third-order valence-electron chi connectivity index (χ3n) is 6.40. The second kappa shape index (κ2) is 6.86. The molecule has 6 rings (SSSR count). The second-order valence-corrected chi connectivity index (χ2v) is 9.63. The van der Waals surface area contributed by atoms with Gasteiger partial charge >= 0.3 is 0 Å². The molecule has 0 amide bonds. The highest BCUT2D eigenvalue weighted by molar-refractivity contribution is 6.07. The summed E-state index contributed by atoms with van der Waals surface area (Å²) in [4.78, 5) is 9.39. The molecule has 0 unspecified atom stereocenters. The molecule has 0 aliphatic heterocycles. The molecule has 0 saturated heterocycles. The molecule has 1 heterocycles. The summed E-state index contributed by atoms with van der Waals surface area (Å²) in [6.45, 7) is 6.82. The number of hydrogen-bond acceptors (Lipinski definition) is 2. The minimum Gasteiger partial charge on any atom is -0.236 e. The van der Waals surface area contributed by atoms with E-state index >= 15 is 0 Å². The fourth-order valence-electron chi connectivity index (χ4n) is 4.79. The van der Waals surface area contributed by atoms with Gasteiger partial charge in [-0.2, -0.15) is 0 Å². The van der Waals surface area contributed by atoms with Crippen LogP contribution in [0.1, 0.15) is 26.3 Å². The maximum Gasteiger partial charge on any atom is 0.116 e. The van der Waals surface area contributed by atoms with Gasteiger partial charge in [0.15, 0.2) is 0 Å². The summed E-state index contributed by atoms with van der Waals surface area (Å²) in [5.74, 6) is 0. The number of hydrogen-bond donors (Lipinski definition) is 0. The normalized spacial score (nSPS) is 12.2. The predicted molar refractivity (Wildman–Crippen MR) is 136 cm³/mol. The maximum absolute atomic E-state index is 4.77. The van der Waals surface area contributed by atoms with Crippen LogP contribution in [0.4, 0.5) is 0 Å². The Morgan fingerprint density at radius 2 is 1.22 bits per heavy atom. The molecule has 0 bridgehead atoms. The van der Waals surface area contributed by atoms with Crippen LogP contribution in [0.15, 0.2) is 91.3 Å². The van der Waals surface area contributed by atoms with Gasteiger partial charge in [0.2, 0.25) is 0 Å². The molecule has 1 aromatic heterocycles. The van der Waals surface area contributed by atoms with Crippen LogP contribution in [0.3, 0.4) is 0 Å². The van der Waals surface area contributed by atoms with Crippen molar-refractivity contribution in [2.45, 2.75) is 26.2 Å². The van der Waals surface area contributed by atoms with Gasteiger partial charge in [-0.15, -0.1) is 0 Å². The van der Waals surface area contributed by atoms with Crippen LogP contribution in [0.25, 0.3) is 54.5 Å². The standard InChI is InChI=1S/C30H24N2/c1-30(2,3)27-16-24(14-21-10-6-7-11-25(21)27)29-26-15-22-12-19-8-4-5-9-20(19)13-23(22)17-28(26)31-18-32-29/h4-18H,1-3H3. The Morgan fingerprint density at radius 3 is 1.94 bits per heavy atom. The van der Waals surface area contributed by atoms with Crippen molar-refractivity contribution in [1.29, 1.82) is 0 Å². The lowest BCUT2D eigenvalue weighted by atomic mass is 9.82. The summed E-state index contributed by atoms with van der Waals surface area (Å²) in [6.07, 6.45) is 1.69. The monoisotopic (exact) mass is 412 g/mol. The molecule has 0 aliphatic carbocycles. The molecular formula is C30H24N2. The van der Waals surface area contributed by atoms with Gasteiger partial charge in [0.25, 0.3) is 0 Å². The number of aromatic nitrogens is 2. The summed E-state index contributed by atoms with van der Waals surface area (Å²) in [7, 11) is 0. The summed E-state index contributed by atoms with van der Waals surface area (Å²) >= 11 is 0. The third kappa shape index (κ3) is 3.03. The number of benzene rings is 5. The Bertz CT molecular complexity index is 1660. The average Bonchev–Trinajstić information content (AvgIpc) is 2.79. The van der Waals surface area contributed by atoms with E-state index in [0.29, 0.717) is 0 Å². The van der Waals surface area contributed by atoms with E-state index in [1.807, 2.05) is 0 Å². The highest BCUT2D eigenvalue weighted by Crippen LogP contribution is 2.37. The van der Waals surface area contributed by atoms with E-state index < -0.39 is 0 Å². The van der Waals surface area contributed by atoms with Crippen molar-refractivity contribution in [2.24, 2.45) is 0 Å². The van der Waals surface area contributed by atoms with Crippen molar-refractivity contribution in [3.8, 4) is 11.3 Å². The SMILES string of the molecule is CC(C)(C)c1cc(-c2ncnc3cc4cc5ccccc5cc4cc23)cc2ccccc12. The molecule has 0 spiro atoms. The van der Waals surface area contributed by atoms with Gasteiger partial charge in [0.05, 0.1) is 11.2 Å². The molecule has 0 saturated carbocycles. The van der Waals surface area contributed by atoms with Gasteiger partial charge in [-0.05, 0) is 79.7 Å². The van der Waals surface area contributed by atoms with Gasteiger partial charge in [-0.3, -0.25) is 0 Å². The Hall–Kier alpha value is -3.78. The van der Waals surface area contributed by atoms with Gasteiger partial charge in [0, 0.05) is 10.9 Å². The van der Waals surface area contributed by atoms with Crippen LogP contribution >= 0.6 is 0 Å². The first-order valence-corrected chi connectivity index (χ1v) is 11.1. The van der Waals surface area contributed by atoms with Crippen LogP contribution < -0.4 is 0 Å². The molecule has 0 atom stereocenters. The zero-order valence-corrected chi connectivity index (χ0v) is 18.6. The lowest BCUT2D eigenvalue weighted by molar-refractivity contribution is 0.596. The molecule has 154 valence electrons. The molecule has 6 aromatic rings. The molecular weight excluding hydrogens is 388 g/mol. The lowest BCUT2D eigenvalue weighted by Gasteiger charge is -2.23. The highest BCUT2D eigenvalue weighted by atomic mass is 14.8. The molecule has 2 heteroatoms. The van der Waals surface area contributed by atoms with E-state index in [9.17, 15) is 0 Å². The first-order chi connectivity index (χ1) is 15.5. The summed E-state index contributed by atoms with van der Waals surface area (Å²) in [5, 5.41) is 8.55. The largest absolute Gasteiger partial charge is 0.236 e. The van der Waals surface area contributed by atoms with Crippen molar-refractivity contribution >= 4 is 43.2 Å². The molecule has 0 radical (unpaired) electrons. The smallest absolute Gasteiger partial charge is 0.116 e. The molecule has 0 aliphatic rings. The fourth-order valence-corrected chi connectivity index (χ4v) is 4.79. The van der Waals surface area contributed by atoms with E-state index in [-0.39, 0.29) is 5.41 Å². The van der Waals surface area contributed by atoms with Crippen molar-refractivity contribution in [2.75, 3.05) is 0 Å². The lowest BCUT2D eigenvalue weighted by Crippen LogP contribution is -2.12. The van der Waals surface area contributed by atoms with Crippen molar-refractivity contribution in [3.05, 3.63) is 96.8 Å². The molecule has 2 nitrogen and oxygen atoms in total. The van der Waals surface area contributed by atoms with Crippen molar-refractivity contribution in [3.63, 3.8) is 0 Å². The summed E-state index contributed by atoms with van der Waals surface area (Å²) in [6, 6.07) is 30.7. The topological polar surface area (TPSA) is 25.8 Å². The van der Waals surface area contributed by atoms with E-state index in [0.717, 1.165) is 22.2 Å². The fraction of sp³-hybridized carbons (Fsp3) is 0.133. The van der Waals surface area contributed by atoms with E-state index in [2.05, 4.69) is 111 Å². The van der Waals surface area contributed by atoms with Crippen molar-refractivity contribution < 1.29 is 0 Å². The second-order valence-electron chi connectivity index (χ2n) is 9.63. The summed E-state index contributed by atoms with van der Waals surface area (Å²) in [5.41, 5.74) is 4.47. The first kappa shape index (κ1) is 18.9. The van der Waals surface area contributed by atoms with Crippen LogP contribution in [0, 0.1) is 0 Å². The van der Waals surface area contributed by atoms with Gasteiger partial charge in [-0.1, -0.05) is 69.3 Å². The Balaban J connectivity index is 1.66. The minimum absolute atomic E-state index is 0.0318. The van der Waals surface area contributed by atoms with Crippen LogP contribution in [-0.4, -0.2) is 9.97 Å². The van der Waals surface area contributed by atoms with Gasteiger partial charge < -0.3 is 0 Å². The van der Waals surface area contributed by atoms with E-state index in [1.54, 1.807) is 6.33 Å². The zero-order valence-electron chi connectivity index (χ0n) is 18.6. The van der Waals surface area contributed by atoms with E-state index in [4.69, 9.17) is 4.98 Å². The van der Waals surface area contributed by atoms with Crippen LogP contribution in [-0.2, 0) is 5.41 Å². The number of nitrogens with zero attached hydrogens (tertiary/aromatic N) is 2. The molecule has 0 fully saturated rings. The summed E-state index contributed by atoms with van der Waals surface area (Å²) < 4.78 is 0. The number of rotatable bonds is 1. The third-order valence-corrected chi connectivity index (χ3v) is 6.40. The first-order valence-electron chi connectivity index (χ1n) is 11.1. The predicted octanol–water partition coefficient (Wildman–Crippen LogP) is 8.05. The average molecular weight is 413 g/mol. The van der Waals surface area contributed by atoms with Gasteiger partial charge in [0.1, 0.15) is 6.33 Å². The van der Waals surface area contributed by atoms with E-state index in [1.165, 1.54) is 37.9 Å². The maximum atomic E-state index is 4.77. The molecule has 0 N–H and O–H groups in total. The van der Waals surface area contributed by atoms with Crippen molar-refractivity contribution in [1.82, 2.24) is 9.97 Å². The minimum atomic E-state index is 0.0318.